The summed E-state index contributed by atoms with van der Waals surface area (Å²) in [5, 5.41) is 0. The van der Waals surface area contributed by atoms with E-state index in [4.69, 9.17) is 0 Å². The SMILES string of the molecule is CN(C)[Si](C)(C)[CH-][Si](C)(C)C.C[CH-][Si](C)(C)N(C)C.[Cu+2].[Cu+2]. The first-order chi connectivity index (χ1) is 8.15. The molecule has 0 amide bonds. The van der Waals surface area contributed by atoms with Crippen LogP contribution in [0.3, 0.4) is 0 Å². The monoisotopic (exact) mass is 444 g/mol. The van der Waals surface area contributed by atoms with Crippen molar-refractivity contribution >= 4 is 24.5 Å². The number of nitrogens with zero attached hydrogens (tertiary/aromatic N) is 2. The topological polar surface area (TPSA) is 6.48 Å². The Morgan fingerprint density at radius 1 is 0.619 bits per heavy atom. The van der Waals surface area contributed by atoms with Gasteiger partial charge in [-0.3, -0.25) is 0 Å². The van der Waals surface area contributed by atoms with Crippen molar-refractivity contribution in [1.29, 1.82) is 0 Å². The molecule has 7 heteroatoms. The van der Waals surface area contributed by atoms with Crippen molar-refractivity contribution in [3.05, 3.63) is 11.7 Å². The van der Waals surface area contributed by atoms with Crippen molar-refractivity contribution in [1.82, 2.24) is 9.13 Å². The second-order valence-electron chi connectivity index (χ2n) is 7.90. The summed E-state index contributed by atoms with van der Waals surface area (Å²) < 4.78 is 4.73. The first-order valence-electron chi connectivity index (χ1n) is 7.18. The molecule has 0 saturated carbocycles. The van der Waals surface area contributed by atoms with E-state index in [-0.39, 0.29) is 34.1 Å². The van der Waals surface area contributed by atoms with Crippen LogP contribution < -0.4 is 0 Å². The third-order valence-electron chi connectivity index (χ3n) is 3.80. The molecule has 0 aromatic carbocycles. The van der Waals surface area contributed by atoms with E-state index in [0.29, 0.717) is 0 Å². The van der Waals surface area contributed by atoms with E-state index in [1.807, 2.05) is 0 Å². The minimum Gasteiger partial charge on any atom is -0.357 e. The largest absolute Gasteiger partial charge is 2.00 e. The Morgan fingerprint density at radius 3 is 0.952 bits per heavy atom. The van der Waals surface area contributed by atoms with Gasteiger partial charge in [-0.05, 0) is 44.7 Å². The van der Waals surface area contributed by atoms with Crippen LogP contribution >= 0.6 is 0 Å². The fraction of sp³-hybridized carbons (Fsp3) is 0.857. The number of hydrogen-bond donors (Lipinski definition) is 0. The molecule has 0 saturated heterocycles. The standard InChI is InChI=1S/C8H22NSi2.C6H16NSi.2Cu/c1-9(2)11(6,7)8-10(3,4)5;1-6-8(4,5)7(2)3;;/h8H,1-7H3;6H,1-5H3;;/q2*-1;2*+2. The molecule has 0 aliphatic rings. The van der Waals surface area contributed by atoms with E-state index in [2.05, 4.69) is 102 Å². The minimum atomic E-state index is -1.15. The van der Waals surface area contributed by atoms with Crippen molar-refractivity contribution in [2.45, 2.75) is 52.8 Å². The van der Waals surface area contributed by atoms with Gasteiger partial charge in [0.25, 0.3) is 0 Å². The van der Waals surface area contributed by atoms with Crippen LogP contribution in [0.1, 0.15) is 6.92 Å². The molecule has 0 unspecified atom stereocenters. The number of rotatable bonds is 5. The molecule has 0 heterocycles. The summed E-state index contributed by atoms with van der Waals surface area (Å²) in [6.07, 6.45) is 0. The second kappa shape index (κ2) is 12.0. The van der Waals surface area contributed by atoms with Crippen LogP contribution in [0.4, 0.5) is 0 Å². The smallest absolute Gasteiger partial charge is 0.357 e. The minimum absolute atomic E-state index is 0. The summed E-state index contributed by atoms with van der Waals surface area (Å²) in [5.74, 6) is 0. The van der Waals surface area contributed by atoms with Gasteiger partial charge in [0, 0.05) is 0 Å². The average molecular weight is 446 g/mol. The van der Waals surface area contributed by atoms with E-state index >= 15 is 0 Å². The van der Waals surface area contributed by atoms with E-state index in [1.165, 1.54) is 0 Å². The van der Waals surface area contributed by atoms with Crippen molar-refractivity contribution in [3.63, 3.8) is 0 Å². The Kier molecular flexibility index (Phi) is 17.5. The summed E-state index contributed by atoms with van der Waals surface area (Å²) in [7, 11) is 5.53. The molecule has 0 N–H and O–H groups in total. The zero-order valence-electron chi connectivity index (χ0n) is 16.2. The zero-order valence-corrected chi connectivity index (χ0v) is 21.0. The average Bonchev–Trinajstić information content (AvgIpc) is 2.14. The zero-order chi connectivity index (χ0) is 16.1. The van der Waals surface area contributed by atoms with Gasteiger partial charge in [0.2, 0.25) is 0 Å². The van der Waals surface area contributed by atoms with Gasteiger partial charge >= 0.3 is 34.1 Å². The first-order valence-corrected chi connectivity index (χ1v) is 16.8. The molecule has 0 fully saturated rings. The normalized spacial score (nSPS) is 12.3. The summed E-state index contributed by atoms with van der Waals surface area (Å²) in [5.41, 5.74) is 2.65. The molecule has 21 heavy (non-hydrogen) atoms. The Balaban J connectivity index is -0.000000131. The third-order valence-corrected chi connectivity index (χ3v) is 16.1. The van der Waals surface area contributed by atoms with Crippen molar-refractivity contribution < 1.29 is 34.1 Å². The van der Waals surface area contributed by atoms with Gasteiger partial charge in [0.1, 0.15) is 0 Å². The maximum Gasteiger partial charge on any atom is 2.00 e. The molecule has 0 aromatic heterocycles. The van der Waals surface area contributed by atoms with Crippen LogP contribution in [0.2, 0.25) is 45.8 Å². The molecule has 0 spiro atoms. The van der Waals surface area contributed by atoms with E-state index in [0.717, 1.165) is 0 Å². The Labute approximate surface area is 160 Å². The predicted molar refractivity (Wildman–Crippen MR) is 100.0 cm³/mol. The Morgan fingerprint density at radius 2 is 0.905 bits per heavy atom. The summed E-state index contributed by atoms with van der Waals surface area (Å²) >= 11 is 0. The molecule has 136 valence electrons. The first kappa shape index (κ1) is 30.5. The van der Waals surface area contributed by atoms with E-state index in [1.54, 1.807) is 0 Å². The van der Waals surface area contributed by atoms with Crippen LogP contribution in [-0.4, -0.2) is 61.9 Å². The summed E-state index contributed by atoms with van der Waals surface area (Å²) in [6, 6.07) is 2.33. The molecule has 0 aliphatic carbocycles. The molecule has 0 atom stereocenters. The van der Waals surface area contributed by atoms with Gasteiger partial charge in [0.15, 0.2) is 0 Å². The van der Waals surface area contributed by atoms with Gasteiger partial charge in [-0.15, -0.1) is 8.07 Å². The molecule has 2 radical (unpaired) electrons. The van der Waals surface area contributed by atoms with Gasteiger partial charge in [-0.25, -0.2) is 0 Å². The van der Waals surface area contributed by atoms with E-state index in [9.17, 15) is 0 Å². The van der Waals surface area contributed by atoms with Gasteiger partial charge < -0.3 is 20.8 Å². The van der Waals surface area contributed by atoms with Crippen LogP contribution in [-0.2, 0) is 34.1 Å². The van der Waals surface area contributed by atoms with Crippen LogP contribution in [0, 0.1) is 11.7 Å². The van der Waals surface area contributed by atoms with Crippen molar-refractivity contribution in [2.75, 3.05) is 28.2 Å². The van der Waals surface area contributed by atoms with Crippen molar-refractivity contribution in [2.24, 2.45) is 0 Å². The van der Waals surface area contributed by atoms with Crippen LogP contribution in [0.5, 0.6) is 0 Å². The maximum absolute atomic E-state index is 2.65. The fourth-order valence-electron chi connectivity index (χ4n) is 1.45. The molecule has 2 nitrogen and oxygen atoms in total. The molecule has 0 rings (SSSR count). The van der Waals surface area contributed by atoms with Crippen LogP contribution in [0.25, 0.3) is 0 Å². The molecule has 0 bridgehead atoms. The maximum atomic E-state index is 2.65. The molecular weight excluding hydrogens is 408 g/mol. The van der Waals surface area contributed by atoms with Gasteiger partial charge in [0.05, 0.1) is 0 Å². The Bertz CT molecular complexity index is 253. The molecule has 0 aliphatic heterocycles. The van der Waals surface area contributed by atoms with Crippen molar-refractivity contribution in [3.8, 4) is 0 Å². The Hall–Kier alpha value is 1.61. The third kappa shape index (κ3) is 16.3. The quantitative estimate of drug-likeness (QED) is 0.468. The van der Waals surface area contributed by atoms with Crippen LogP contribution in [0.15, 0.2) is 0 Å². The van der Waals surface area contributed by atoms with Gasteiger partial charge in [-0.1, -0.05) is 45.8 Å². The number of hydrogen-bond acceptors (Lipinski definition) is 2. The summed E-state index contributed by atoms with van der Waals surface area (Å²) in [4.78, 5) is 0. The summed E-state index contributed by atoms with van der Waals surface area (Å²) in [6.45, 7) is 18.8. The second-order valence-corrected chi connectivity index (χ2v) is 22.8. The van der Waals surface area contributed by atoms with Gasteiger partial charge in [-0.2, -0.15) is 6.92 Å². The predicted octanol–water partition coefficient (Wildman–Crippen LogP) is 3.89. The molecular formula is C14H38Cu2N2Si3+2. The van der Waals surface area contributed by atoms with E-state index < -0.39 is 24.5 Å². The fourth-order valence-corrected chi connectivity index (χ4v) is 11.5. The molecule has 0 aromatic rings.